The van der Waals surface area contributed by atoms with Gasteiger partial charge in [-0.25, -0.2) is 4.39 Å². The van der Waals surface area contributed by atoms with Gasteiger partial charge < -0.3 is 15.4 Å². The number of amides is 1. The van der Waals surface area contributed by atoms with Gasteiger partial charge in [0, 0.05) is 6.54 Å². The fourth-order valence-corrected chi connectivity index (χ4v) is 2.76. The Bertz CT molecular complexity index is 737. The second-order valence-corrected chi connectivity index (χ2v) is 5.37. The molecule has 0 radical (unpaired) electrons. The first-order valence-electron chi connectivity index (χ1n) is 7.75. The second kappa shape index (κ2) is 8.13. The molecule has 2 aromatic rings. The maximum absolute atomic E-state index is 14.6. The van der Waals surface area contributed by atoms with Gasteiger partial charge in [0.05, 0.1) is 17.9 Å². The minimum absolute atomic E-state index is 0. The predicted octanol–water partition coefficient (Wildman–Crippen LogP) is 3.54. The number of nitrogens with one attached hydrogen (secondary N) is 2. The van der Waals surface area contributed by atoms with Gasteiger partial charge in [0.2, 0.25) is 0 Å². The Kier molecular flexibility index (Phi) is 6.17. The standard InChI is InChI=1S/C18H19FN2O2.ClH/c1-2-23-16-6-4-3-5-14(16)18(22)21-15-8-7-12-11-20-10-9-13(12)17(15)19;/h3-8,20H,2,9-11H2,1H3,(H,21,22);1H. The lowest BCUT2D eigenvalue weighted by atomic mass is 9.99. The first-order chi connectivity index (χ1) is 11.2. The van der Waals surface area contributed by atoms with Gasteiger partial charge >= 0.3 is 0 Å². The van der Waals surface area contributed by atoms with Crippen LogP contribution in [0.2, 0.25) is 0 Å². The topological polar surface area (TPSA) is 50.4 Å². The van der Waals surface area contributed by atoms with Crippen molar-refractivity contribution < 1.29 is 13.9 Å². The van der Waals surface area contributed by atoms with Gasteiger partial charge in [-0.3, -0.25) is 4.79 Å². The SMILES string of the molecule is CCOc1ccccc1C(=O)Nc1ccc2c(c1F)CCNC2.Cl. The van der Waals surface area contributed by atoms with Crippen molar-refractivity contribution in [2.24, 2.45) is 0 Å². The average molecular weight is 351 g/mol. The summed E-state index contributed by atoms with van der Waals surface area (Å²) in [6, 6.07) is 10.4. The summed E-state index contributed by atoms with van der Waals surface area (Å²) in [7, 11) is 0. The second-order valence-electron chi connectivity index (χ2n) is 5.37. The van der Waals surface area contributed by atoms with E-state index < -0.39 is 0 Å². The Morgan fingerprint density at radius 1 is 1.29 bits per heavy atom. The number of halogens is 2. The predicted molar refractivity (Wildman–Crippen MR) is 94.6 cm³/mol. The zero-order valence-electron chi connectivity index (χ0n) is 13.4. The van der Waals surface area contributed by atoms with Crippen LogP contribution in [0.3, 0.4) is 0 Å². The summed E-state index contributed by atoms with van der Waals surface area (Å²) in [6.07, 6.45) is 0.625. The highest BCUT2D eigenvalue weighted by atomic mass is 35.5. The molecule has 1 aliphatic rings. The van der Waals surface area contributed by atoms with Gasteiger partial charge in [0.1, 0.15) is 11.6 Å². The van der Waals surface area contributed by atoms with E-state index in [-0.39, 0.29) is 29.8 Å². The van der Waals surface area contributed by atoms with Crippen molar-refractivity contribution in [3.63, 3.8) is 0 Å². The van der Waals surface area contributed by atoms with Crippen LogP contribution in [-0.2, 0) is 13.0 Å². The van der Waals surface area contributed by atoms with Crippen LogP contribution in [0.4, 0.5) is 10.1 Å². The van der Waals surface area contributed by atoms with Crippen LogP contribution in [0.25, 0.3) is 0 Å². The number of carbonyl (C=O) groups is 1. The summed E-state index contributed by atoms with van der Waals surface area (Å²) < 4.78 is 20.1. The zero-order valence-corrected chi connectivity index (χ0v) is 14.2. The smallest absolute Gasteiger partial charge is 0.259 e. The maximum Gasteiger partial charge on any atom is 0.259 e. The zero-order chi connectivity index (χ0) is 16.2. The number of hydrogen-bond acceptors (Lipinski definition) is 3. The Balaban J connectivity index is 0.00000208. The molecule has 3 rings (SSSR count). The molecule has 0 bridgehead atoms. The summed E-state index contributed by atoms with van der Waals surface area (Å²) in [4.78, 5) is 12.5. The molecule has 0 unspecified atom stereocenters. The van der Waals surface area contributed by atoms with Gasteiger partial charge in [-0.2, -0.15) is 0 Å². The molecule has 0 spiro atoms. The summed E-state index contributed by atoms with van der Waals surface area (Å²) in [5.41, 5.74) is 2.23. The van der Waals surface area contributed by atoms with Crippen LogP contribution >= 0.6 is 12.4 Å². The van der Waals surface area contributed by atoms with E-state index in [1.807, 2.05) is 13.0 Å². The first kappa shape index (κ1) is 18.2. The van der Waals surface area contributed by atoms with E-state index in [0.717, 1.165) is 12.1 Å². The van der Waals surface area contributed by atoms with Crippen LogP contribution in [-0.4, -0.2) is 19.1 Å². The minimum atomic E-state index is -0.373. The number of ether oxygens (including phenoxy) is 1. The van der Waals surface area contributed by atoms with Crippen molar-refractivity contribution in [1.82, 2.24) is 5.32 Å². The minimum Gasteiger partial charge on any atom is -0.493 e. The van der Waals surface area contributed by atoms with E-state index in [1.165, 1.54) is 0 Å². The van der Waals surface area contributed by atoms with Gasteiger partial charge in [0.15, 0.2) is 0 Å². The van der Waals surface area contributed by atoms with Crippen molar-refractivity contribution in [3.05, 3.63) is 58.9 Å². The van der Waals surface area contributed by atoms with Crippen molar-refractivity contribution >= 4 is 24.0 Å². The third-order valence-electron chi connectivity index (χ3n) is 3.89. The lowest BCUT2D eigenvalue weighted by Crippen LogP contribution is -2.25. The fraction of sp³-hybridized carbons (Fsp3) is 0.278. The van der Waals surface area contributed by atoms with Crippen LogP contribution < -0.4 is 15.4 Å². The maximum atomic E-state index is 14.6. The Labute approximate surface area is 146 Å². The monoisotopic (exact) mass is 350 g/mol. The molecule has 1 heterocycles. The summed E-state index contributed by atoms with van der Waals surface area (Å²) in [6.45, 7) is 3.72. The molecule has 1 aliphatic heterocycles. The van der Waals surface area contributed by atoms with E-state index in [9.17, 15) is 9.18 Å². The molecule has 0 saturated carbocycles. The Morgan fingerprint density at radius 3 is 2.88 bits per heavy atom. The molecule has 0 aliphatic carbocycles. The van der Waals surface area contributed by atoms with Crippen molar-refractivity contribution in [1.29, 1.82) is 0 Å². The van der Waals surface area contributed by atoms with E-state index in [1.54, 1.807) is 30.3 Å². The molecule has 0 aromatic heterocycles. The van der Waals surface area contributed by atoms with Crippen molar-refractivity contribution in [3.8, 4) is 5.75 Å². The van der Waals surface area contributed by atoms with Crippen LogP contribution in [0, 0.1) is 5.82 Å². The number of fused-ring (bicyclic) bond motifs is 1. The molecule has 0 saturated heterocycles. The Hall–Kier alpha value is -2.11. The molecule has 128 valence electrons. The molecule has 0 atom stereocenters. The molecule has 0 fully saturated rings. The normalized spacial score (nSPS) is 12.8. The van der Waals surface area contributed by atoms with E-state index >= 15 is 0 Å². The molecule has 2 N–H and O–H groups in total. The number of carbonyl (C=O) groups excluding carboxylic acids is 1. The van der Waals surface area contributed by atoms with Gasteiger partial charge in [0.25, 0.3) is 5.91 Å². The van der Waals surface area contributed by atoms with E-state index in [2.05, 4.69) is 10.6 Å². The van der Waals surface area contributed by atoms with Gasteiger partial charge in [-0.15, -0.1) is 12.4 Å². The van der Waals surface area contributed by atoms with E-state index in [0.29, 0.717) is 36.4 Å². The third kappa shape index (κ3) is 3.68. The number of para-hydroxylation sites is 1. The molecular weight excluding hydrogens is 331 g/mol. The number of rotatable bonds is 4. The highest BCUT2D eigenvalue weighted by molar-refractivity contribution is 6.06. The largest absolute Gasteiger partial charge is 0.493 e. The van der Waals surface area contributed by atoms with Gasteiger partial charge in [-0.1, -0.05) is 18.2 Å². The third-order valence-corrected chi connectivity index (χ3v) is 3.89. The number of anilines is 1. The summed E-state index contributed by atoms with van der Waals surface area (Å²) >= 11 is 0. The summed E-state index contributed by atoms with van der Waals surface area (Å²) in [5, 5.41) is 5.87. The van der Waals surface area contributed by atoms with Crippen molar-refractivity contribution in [2.45, 2.75) is 19.9 Å². The number of hydrogen-bond donors (Lipinski definition) is 2. The molecule has 2 aromatic carbocycles. The average Bonchev–Trinajstić information content (AvgIpc) is 2.58. The Morgan fingerprint density at radius 2 is 2.08 bits per heavy atom. The molecule has 1 amide bonds. The highest BCUT2D eigenvalue weighted by Crippen LogP contribution is 2.26. The highest BCUT2D eigenvalue weighted by Gasteiger charge is 2.19. The lowest BCUT2D eigenvalue weighted by Gasteiger charge is -2.19. The molecule has 6 heteroatoms. The molecular formula is C18H20ClFN2O2. The quantitative estimate of drug-likeness (QED) is 0.886. The van der Waals surface area contributed by atoms with Crippen LogP contribution in [0.1, 0.15) is 28.4 Å². The van der Waals surface area contributed by atoms with Crippen LogP contribution in [0.15, 0.2) is 36.4 Å². The lowest BCUT2D eigenvalue weighted by molar-refractivity contribution is 0.102. The summed E-state index contributed by atoms with van der Waals surface area (Å²) in [5.74, 6) is -0.219. The fourth-order valence-electron chi connectivity index (χ4n) is 2.76. The van der Waals surface area contributed by atoms with Crippen molar-refractivity contribution in [2.75, 3.05) is 18.5 Å². The van der Waals surface area contributed by atoms with Crippen LogP contribution in [0.5, 0.6) is 5.75 Å². The number of benzene rings is 2. The van der Waals surface area contributed by atoms with E-state index in [4.69, 9.17) is 4.74 Å². The van der Waals surface area contributed by atoms with Gasteiger partial charge in [-0.05, 0) is 49.2 Å². The molecule has 24 heavy (non-hydrogen) atoms. The first-order valence-corrected chi connectivity index (χ1v) is 7.75. The molecule has 4 nitrogen and oxygen atoms in total.